The Morgan fingerprint density at radius 2 is 1.87 bits per heavy atom. The van der Waals surface area contributed by atoms with Crippen LogP contribution < -0.4 is 16.0 Å². The molecule has 1 aromatic carbocycles. The molecule has 1 aromatic heterocycles. The van der Waals surface area contributed by atoms with Crippen molar-refractivity contribution in [3.05, 3.63) is 52.0 Å². The molecule has 6 nitrogen and oxygen atoms in total. The monoisotopic (exact) mass is 555 g/mol. The molecular weight excluding hydrogens is 530 g/mol. The molecule has 0 saturated carbocycles. The Morgan fingerprint density at radius 3 is 2.50 bits per heavy atom. The van der Waals surface area contributed by atoms with Crippen LogP contribution >= 0.6 is 35.3 Å². The highest BCUT2D eigenvalue weighted by Gasteiger charge is 2.33. The molecule has 0 spiro atoms. The van der Waals surface area contributed by atoms with E-state index in [0.717, 1.165) is 16.7 Å². The van der Waals surface area contributed by atoms with Crippen molar-refractivity contribution in [1.29, 1.82) is 0 Å². The predicted octanol–water partition coefficient (Wildman–Crippen LogP) is 3.70. The molecule has 0 aliphatic carbocycles. The molecule has 0 atom stereocenters. The first-order valence-electron chi connectivity index (χ1n) is 9.27. The van der Waals surface area contributed by atoms with Crippen molar-refractivity contribution in [2.24, 2.45) is 4.99 Å². The van der Waals surface area contributed by atoms with Crippen LogP contribution in [0.3, 0.4) is 0 Å². The molecular formula is C19H25F3IN5OS. The second kappa shape index (κ2) is 13.4. The van der Waals surface area contributed by atoms with Gasteiger partial charge in [0, 0.05) is 43.5 Å². The van der Waals surface area contributed by atoms with Gasteiger partial charge in [-0.3, -0.25) is 9.79 Å². The van der Waals surface area contributed by atoms with Crippen LogP contribution in [0.5, 0.6) is 0 Å². The molecule has 0 aliphatic heterocycles. The fourth-order valence-corrected chi connectivity index (χ4v) is 3.15. The summed E-state index contributed by atoms with van der Waals surface area (Å²) < 4.78 is 37.7. The van der Waals surface area contributed by atoms with Gasteiger partial charge in [-0.2, -0.15) is 13.2 Å². The number of hydrogen-bond donors (Lipinski definition) is 3. The molecule has 1 heterocycles. The zero-order valence-corrected chi connectivity index (χ0v) is 19.6. The Hall–Kier alpha value is -1.89. The van der Waals surface area contributed by atoms with Gasteiger partial charge in [0.15, 0.2) is 11.7 Å². The van der Waals surface area contributed by atoms with Gasteiger partial charge < -0.3 is 16.0 Å². The number of aliphatic imine (C=N–C) groups is 1. The van der Waals surface area contributed by atoms with E-state index in [4.69, 9.17) is 0 Å². The van der Waals surface area contributed by atoms with E-state index in [-0.39, 0.29) is 29.9 Å². The van der Waals surface area contributed by atoms with Gasteiger partial charge in [-0.05, 0) is 25.5 Å². The SMILES string of the molecule is CCNC(=NCCCNC(=O)c1ccccc1)NCCc1nc(C(F)(F)F)cs1.I. The second-order valence-electron chi connectivity index (χ2n) is 6.04. The third-order valence-electron chi connectivity index (χ3n) is 3.74. The molecule has 3 N–H and O–H groups in total. The standard InChI is InChI=1S/C19H24F3N5OS.HI/c1-2-23-18(26-12-9-16-27-15(13-29-16)19(20,21)22)25-11-6-10-24-17(28)14-7-4-3-5-8-14;/h3-5,7-8,13H,2,6,9-12H2,1H3,(H,24,28)(H2,23,25,26);1H. The fourth-order valence-electron chi connectivity index (χ4n) is 2.35. The number of thiazole rings is 1. The maximum absolute atomic E-state index is 12.6. The number of aromatic nitrogens is 1. The van der Waals surface area contributed by atoms with Crippen LogP contribution in [-0.2, 0) is 12.6 Å². The first kappa shape index (κ1) is 26.1. The van der Waals surface area contributed by atoms with Crippen LogP contribution in [0, 0.1) is 0 Å². The number of carbonyl (C=O) groups is 1. The lowest BCUT2D eigenvalue weighted by Gasteiger charge is -2.10. The number of halogens is 4. The van der Waals surface area contributed by atoms with Crippen molar-refractivity contribution in [2.75, 3.05) is 26.2 Å². The average Bonchev–Trinajstić information content (AvgIpc) is 3.17. The van der Waals surface area contributed by atoms with Crippen LogP contribution in [0.2, 0.25) is 0 Å². The van der Waals surface area contributed by atoms with Crippen LogP contribution in [-0.4, -0.2) is 43.0 Å². The van der Waals surface area contributed by atoms with Gasteiger partial charge in [-0.15, -0.1) is 35.3 Å². The van der Waals surface area contributed by atoms with Gasteiger partial charge in [0.1, 0.15) is 0 Å². The highest BCUT2D eigenvalue weighted by molar-refractivity contribution is 14.0. The molecule has 2 rings (SSSR count). The highest BCUT2D eigenvalue weighted by Crippen LogP contribution is 2.29. The molecule has 0 fully saturated rings. The molecule has 0 saturated heterocycles. The lowest BCUT2D eigenvalue weighted by Crippen LogP contribution is -2.38. The van der Waals surface area contributed by atoms with Crippen LogP contribution in [0.4, 0.5) is 13.2 Å². The zero-order valence-electron chi connectivity index (χ0n) is 16.5. The number of nitrogens with one attached hydrogen (secondary N) is 3. The molecule has 0 radical (unpaired) electrons. The summed E-state index contributed by atoms with van der Waals surface area (Å²) in [5.41, 5.74) is -0.238. The van der Waals surface area contributed by atoms with Crippen LogP contribution in [0.15, 0.2) is 40.7 Å². The second-order valence-corrected chi connectivity index (χ2v) is 6.98. The number of alkyl halides is 3. The minimum atomic E-state index is -4.41. The van der Waals surface area contributed by atoms with Gasteiger partial charge in [0.05, 0.1) is 5.01 Å². The summed E-state index contributed by atoms with van der Waals surface area (Å²) in [7, 11) is 0. The lowest BCUT2D eigenvalue weighted by atomic mass is 10.2. The smallest absolute Gasteiger partial charge is 0.357 e. The topological polar surface area (TPSA) is 78.4 Å². The van der Waals surface area contributed by atoms with E-state index in [2.05, 4.69) is 25.9 Å². The van der Waals surface area contributed by atoms with Gasteiger partial charge in [0.2, 0.25) is 0 Å². The molecule has 0 unspecified atom stereocenters. The largest absolute Gasteiger partial charge is 0.434 e. The number of hydrogen-bond acceptors (Lipinski definition) is 4. The lowest BCUT2D eigenvalue weighted by molar-refractivity contribution is -0.140. The van der Waals surface area contributed by atoms with Gasteiger partial charge in [-0.25, -0.2) is 4.98 Å². The van der Waals surface area contributed by atoms with Gasteiger partial charge in [-0.1, -0.05) is 18.2 Å². The Balaban J connectivity index is 0.00000450. The minimum absolute atomic E-state index is 0. The maximum Gasteiger partial charge on any atom is 0.434 e. The van der Waals surface area contributed by atoms with E-state index in [1.54, 1.807) is 12.1 Å². The van der Waals surface area contributed by atoms with E-state index < -0.39 is 11.9 Å². The quantitative estimate of drug-likeness (QED) is 0.191. The molecule has 1 amide bonds. The Kier molecular flexibility index (Phi) is 11.7. The molecule has 166 valence electrons. The summed E-state index contributed by atoms with van der Waals surface area (Å²) in [4.78, 5) is 19.9. The normalized spacial score (nSPS) is 11.5. The molecule has 2 aromatic rings. The van der Waals surface area contributed by atoms with Crippen molar-refractivity contribution in [3.63, 3.8) is 0 Å². The van der Waals surface area contributed by atoms with Crippen LogP contribution in [0.25, 0.3) is 0 Å². The summed E-state index contributed by atoms with van der Waals surface area (Å²) in [5, 5.41) is 10.4. The average molecular weight is 555 g/mol. The van der Waals surface area contributed by atoms with Crippen molar-refractivity contribution in [1.82, 2.24) is 20.9 Å². The molecule has 0 bridgehead atoms. The number of rotatable bonds is 9. The Bertz CT molecular complexity index is 799. The number of guanidine groups is 1. The van der Waals surface area contributed by atoms with E-state index in [9.17, 15) is 18.0 Å². The summed E-state index contributed by atoms with van der Waals surface area (Å²) >= 11 is 0.995. The number of amides is 1. The zero-order chi connectivity index (χ0) is 21.1. The Labute approximate surface area is 194 Å². The number of nitrogens with zero attached hydrogens (tertiary/aromatic N) is 2. The number of benzene rings is 1. The summed E-state index contributed by atoms with van der Waals surface area (Å²) in [6, 6.07) is 8.97. The summed E-state index contributed by atoms with van der Waals surface area (Å²) in [5.74, 6) is 0.454. The summed E-state index contributed by atoms with van der Waals surface area (Å²) in [6.45, 7) is 4.00. The van der Waals surface area contributed by atoms with E-state index in [0.29, 0.717) is 55.6 Å². The number of carbonyl (C=O) groups excluding carboxylic acids is 1. The van der Waals surface area contributed by atoms with Crippen molar-refractivity contribution in [2.45, 2.75) is 25.9 Å². The maximum atomic E-state index is 12.6. The van der Waals surface area contributed by atoms with E-state index in [1.165, 1.54) is 0 Å². The highest BCUT2D eigenvalue weighted by atomic mass is 127. The van der Waals surface area contributed by atoms with Crippen molar-refractivity contribution < 1.29 is 18.0 Å². The van der Waals surface area contributed by atoms with Gasteiger partial charge >= 0.3 is 6.18 Å². The predicted molar refractivity (Wildman–Crippen MR) is 124 cm³/mol. The van der Waals surface area contributed by atoms with E-state index in [1.807, 2.05) is 25.1 Å². The van der Waals surface area contributed by atoms with Gasteiger partial charge in [0.25, 0.3) is 5.91 Å². The first-order chi connectivity index (χ1) is 13.9. The first-order valence-corrected chi connectivity index (χ1v) is 10.1. The van der Waals surface area contributed by atoms with Crippen LogP contribution in [0.1, 0.15) is 34.4 Å². The van der Waals surface area contributed by atoms with Crippen molar-refractivity contribution in [3.8, 4) is 0 Å². The molecule has 0 aliphatic rings. The van der Waals surface area contributed by atoms with Crippen molar-refractivity contribution >= 4 is 47.2 Å². The minimum Gasteiger partial charge on any atom is -0.357 e. The molecule has 30 heavy (non-hydrogen) atoms. The fraction of sp³-hybridized carbons (Fsp3) is 0.421. The molecule has 11 heteroatoms. The Morgan fingerprint density at radius 1 is 1.13 bits per heavy atom. The summed E-state index contributed by atoms with van der Waals surface area (Å²) in [6.07, 6.45) is -3.37. The van der Waals surface area contributed by atoms with E-state index >= 15 is 0 Å². The third kappa shape index (κ3) is 9.28. The third-order valence-corrected chi connectivity index (χ3v) is 4.65.